The van der Waals surface area contributed by atoms with Gasteiger partial charge in [0.1, 0.15) is 4.47 Å². The van der Waals surface area contributed by atoms with Crippen LogP contribution in [-0.4, -0.2) is 16.0 Å². The van der Waals surface area contributed by atoms with E-state index in [9.17, 15) is 14.9 Å². The van der Waals surface area contributed by atoms with Gasteiger partial charge in [-0.3, -0.25) is 10.1 Å². The van der Waals surface area contributed by atoms with Crippen LogP contribution in [0.4, 0.5) is 5.69 Å². The van der Waals surface area contributed by atoms with E-state index in [-0.39, 0.29) is 11.3 Å². The Hall–Kier alpha value is -1.95. The SMILES string of the molecule is O=C(O)c1cc([N+](=O)[O-])c(Br)c2ccccc12. The average Bonchev–Trinajstić information content (AvgIpc) is 2.29. The van der Waals surface area contributed by atoms with Crippen LogP contribution in [0.15, 0.2) is 34.8 Å². The number of rotatable bonds is 2. The third-order valence-corrected chi connectivity index (χ3v) is 3.22. The first-order valence-corrected chi connectivity index (χ1v) is 5.40. The predicted octanol–water partition coefficient (Wildman–Crippen LogP) is 3.21. The largest absolute Gasteiger partial charge is 0.478 e. The van der Waals surface area contributed by atoms with Crippen LogP contribution in [-0.2, 0) is 0 Å². The molecule has 2 aromatic carbocycles. The predicted molar refractivity (Wildman–Crippen MR) is 65.3 cm³/mol. The topological polar surface area (TPSA) is 80.4 Å². The van der Waals surface area contributed by atoms with Gasteiger partial charge in [-0.1, -0.05) is 24.3 Å². The van der Waals surface area contributed by atoms with Crippen LogP contribution in [0, 0.1) is 10.1 Å². The molecule has 0 amide bonds. The summed E-state index contributed by atoms with van der Waals surface area (Å²) in [7, 11) is 0. The molecule has 0 bridgehead atoms. The van der Waals surface area contributed by atoms with Crippen molar-refractivity contribution in [1.29, 1.82) is 0 Å². The summed E-state index contributed by atoms with van der Waals surface area (Å²) in [6.07, 6.45) is 0. The van der Waals surface area contributed by atoms with Crippen LogP contribution in [0.5, 0.6) is 0 Å². The number of nitro groups is 1. The van der Waals surface area contributed by atoms with Crippen LogP contribution in [0.1, 0.15) is 10.4 Å². The van der Waals surface area contributed by atoms with Gasteiger partial charge in [0.05, 0.1) is 10.5 Å². The fourth-order valence-electron chi connectivity index (χ4n) is 1.63. The Morgan fingerprint density at radius 2 is 1.88 bits per heavy atom. The van der Waals surface area contributed by atoms with Crippen LogP contribution in [0.2, 0.25) is 0 Å². The molecule has 1 N–H and O–H groups in total. The fraction of sp³-hybridized carbons (Fsp3) is 0. The summed E-state index contributed by atoms with van der Waals surface area (Å²) in [6.45, 7) is 0. The van der Waals surface area contributed by atoms with Gasteiger partial charge in [-0.25, -0.2) is 4.79 Å². The van der Waals surface area contributed by atoms with Gasteiger partial charge in [-0.05, 0) is 21.3 Å². The number of nitrogens with zero attached hydrogens (tertiary/aromatic N) is 1. The maximum atomic E-state index is 11.1. The second-order valence-corrected chi connectivity index (χ2v) is 4.16. The average molecular weight is 296 g/mol. The molecule has 2 rings (SSSR count). The number of carboxylic acids is 1. The summed E-state index contributed by atoms with van der Waals surface area (Å²) in [5.41, 5.74) is -0.323. The Kier molecular flexibility index (Phi) is 2.81. The first-order valence-electron chi connectivity index (χ1n) is 4.61. The molecule has 0 aliphatic rings. The molecule has 0 aliphatic heterocycles. The molecule has 0 fully saturated rings. The van der Waals surface area contributed by atoms with Crippen molar-refractivity contribution in [2.24, 2.45) is 0 Å². The van der Waals surface area contributed by atoms with Crippen molar-refractivity contribution >= 4 is 38.4 Å². The number of fused-ring (bicyclic) bond motifs is 1. The fourth-order valence-corrected chi connectivity index (χ4v) is 2.24. The van der Waals surface area contributed by atoms with E-state index in [1.165, 1.54) is 0 Å². The molecule has 0 saturated heterocycles. The Labute approximate surface area is 104 Å². The van der Waals surface area contributed by atoms with E-state index in [4.69, 9.17) is 5.11 Å². The third kappa shape index (κ3) is 1.87. The third-order valence-electron chi connectivity index (χ3n) is 2.39. The van der Waals surface area contributed by atoms with Crippen molar-refractivity contribution in [2.75, 3.05) is 0 Å². The number of hydrogen-bond acceptors (Lipinski definition) is 3. The summed E-state index contributed by atoms with van der Waals surface area (Å²) in [5, 5.41) is 20.8. The Balaban J connectivity index is 2.94. The second kappa shape index (κ2) is 4.14. The van der Waals surface area contributed by atoms with E-state index in [1.807, 2.05) is 0 Å². The molecule has 0 heterocycles. The molecule has 0 spiro atoms. The van der Waals surface area contributed by atoms with Crippen molar-refractivity contribution in [3.05, 3.63) is 50.5 Å². The summed E-state index contributed by atoms with van der Waals surface area (Å²) < 4.78 is 0.295. The lowest BCUT2D eigenvalue weighted by atomic mass is 10.0. The number of halogens is 1. The molecule has 0 aromatic heterocycles. The molecule has 5 nitrogen and oxygen atoms in total. The van der Waals surface area contributed by atoms with Crippen molar-refractivity contribution in [3.63, 3.8) is 0 Å². The lowest BCUT2D eigenvalue weighted by molar-refractivity contribution is -0.385. The number of carboxylic acid groups (broad SMARTS) is 1. The first-order chi connectivity index (χ1) is 8.02. The van der Waals surface area contributed by atoms with E-state index < -0.39 is 10.9 Å². The molecular formula is C11H6BrNO4. The van der Waals surface area contributed by atoms with Crippen molar-refractivity contribution in [2.45, 2.75) is 0 Å². The quantitative estimate of drug-likeness (QED) is 0.681. The standard InChI is InChI=1S/C11H6BrNO4/c12-10-7-4-2-1-3-6(7)8(11(14)15)5-9(10)13(16)17/h1-5H,(H,14,15). The highest BCUT2D eigenvalue weighted by molar-refractivity contribution is 9.10. The van der Waals surface area contributed by atoms with E-state index in [1.54, 1.807) is 24.3 Å². The zero-order valence-corrected chi connectivity index (χ0v) is 9.97. The van der Waals surface area contributed by atoms with Gasteiger partial charge in [-0.15, -0.1) is 0 Å². The van der Waals surface area contributed by atoms with Gasteiger partial charge >= 0.3 is 5.97 Å². The molecule has 0 saturated carbocycles. The molecule has 17 heavy (non-hydrogen) atoms. The number of hydrogen-bond donors (Lipinski definition) is 1. The molecule has 0 radical (unpaired) electrons. The van der Waals surface area contributed by atoms with Gasteiger partial charge in [-0.2, -0.15) is 0 Å². The Morgan fingerprint density at radius 3 is 2.41 bits per heavy atom. The minimum atomic E-state index is -1.18. The Bertz CT molecular complexity index is 639. The highest BCUT2D eigenvalue weighted by Crippen LogP contribution is 2.35. The van der Waals surface area contributed by atoms with Gasteiger partial charge in [0.25, 0.3) is 5.69 Å². The van der Waals surface area contributed by atoms with E-state index >= 15 is 0 Å². The van der Waals surface area contributed by atoms with E-state index in [2.05, 4.69) is 15.9 Å². The smallest absolute Gasteiger partial charge is 0.336 e. The van der Waals surface area contributed by atoms with Crippen molar-refractivity contribution in [3.8, 4) is 0 Å². The number of nitro benzene ring substituents is 1. The van der Waals surface area contributed by atoms with Crippen LogP contribution in [0.25, 0.3) is 10.8 Å². The number of carbonyl (C=O) groups is 1. The van der Waals surface area contributed by atoms with Gasteiger partial charge < -0.3 is 5.11 Å². The van der Waals surface area contributed by atoms with Crippen LogP contribution in [0.3, 0.4) is 0 Å². The van der Waals surface area contributed by atoms with Crippen molar-refractivity contribution < 1.29 is 14.8 Å². The first kappa shape index (κ1) is 11.5. The highest BCUT2D eigenvalue weighted by Gasteiger charge is 2.20. The maximum absolute atomic E-state index is 11.1. The molecule has 6 heteroatoms. The van der Waals surface area contributed by atoms with Crippen LogP contribution < -0.4 is 0 Å². The highest BCUT2D eigenvalue weighted by atomic mass is 79.9. The summed E-state index contributed by atoms with van der Waals surface area (Å²) in [5.74, 6) is -1.18. The van der Waals surface area contributed by atoms with E-state index in [0.717, 1.165) is 6.07 Å². The molecule has 0 aliphatic carbocycles. The summed E-state index contributed by atoms with van der Waals surface area (Å²) in [4.78, 5) is 21.3. The molecular weight excluding hydrogens is 290 g/mol. The Morgan fingerprint density at radius 1 is 1.29 bits per heavy atom. The molecule has 86 valence electrons. The number of benzene rings is 2. The minimum Gasteiger partial charge on any atom is -0.478 e. The lowest BCUT2D eigenvalue weighted by Gasteiger charge is -2.05. The zero-order valence-electron chi connectivity index (χ0n) is 8.38. The van der Waals surface area contributed by atoms with E-state index in [0.29, 0.717) is 15.2 Å². The summed E-state index contributed by atoms with van der Waals surface area (Å²) >= 11 is 3.13. The molecule has 0 atom stereocenters. The lowest BCUT2D eigenvalue weighted by Crippen LogP contribution is -2.00. The van der Waals surface area contributed by atoms with Gasteiger partial charge in [0.15, 0.2) is 0 Å². The number of aromatic carboxylic acids is 1. The van der Waals surface area contributed by atoms with Gasteiger partial charge in [0, 0.05) is 11.5 Å². The van der Waals surface area contributed by atoms with Gasteiger partial charge in [0.2, 0.25) is 0 Å². The normalized spacial score (nSPS) is 10.4. The zero-order chi connectivity index (χ0) is 12.6. The minimum absolute atomic E-state index is 0.0736. The monoisotopic (exact) mass is 295 g/mol. The molecule has 0 unspecified atom stereocenters. The second-order valence-electron chi connectivity index (χ2n) is 3.37. The molecule has 2 aromatic rings. The maximum Gasteiger partial charge on any atom is 0.336 e. The van der Waals surface area contributed by atoms with Crippen LogP contribution >= 0.6 is 15.9 Å². The van der Waals surface area contributed by atoms with Crippen molar-refractivity contribution in [1.82, 2.24) is 0 Å². The summed E-state index contributed by atoms with van der Waals surface area (Å²) in [6, 6.07) is 7.70.